The van der Waals surface area contributed by atoms with Crippen molar-refractivity contribution in [2.45, 2.75) is 56.5 Å². The summed E-state index contributed by atoms with van der Waals surface area (Å²) in [4.78, 5) is 30.3. The zero-order chi connectivity index (χ0) is 23.1. The van der Waals surface area contributed by atoms with Crippen molar-refractivity contribution in [3.63, 3.8) is 0 Å². The number of halogens is 1. The summed E-state index contributed by atoms with van der Waals surface area (Å²) in [7, 11) is 1.72. The Balaban J connectivity index is 1.44. The van der Waals surface area contributed by atoms with E-state index in [1.54, 1.807) is 36.0 Å². The second kappa shape index (κ2) is 8.47. The van der Waals surface area contributed by atoms with E-state index < -0.39 is 12.3 Å². The van der Waals surface area contributed by atoms with E-state index in [9.17, 15) is 19.1 Å². The van der Waals surface area contributed by atoms with Crippen LogP contribution in [0.3, 0.4) is 0 Å². The van der Waals surface area contributed by atoms with Gasteiger partial charge in [-0.3, -0.25) is 9.59 Å². The zero-order valence-electron chi connectivity index (χ0n) is 18.2. The third-order valence-electron chi connectivity index (χ3n) is 6.40. The number of pyridine rings is 1. The highest BCUT2D eigenvalue weighted by Gasteiger charge is 2.31. The van der Waals surface area contributed by atoms with E-state index in [0.29, 0.717) is 54.2 Å². The summed E-state index contributed by atoms with van der Waals surface area (Å²) in [6.45, 7) is 0. The molecule has 5 rings (SSSR count). The van der Waals surface area contributed by atoms with Crippen molar-refractivity contribution < 1.29 is 14.3 Å². The average Bonchev–Trinajstić information content (AvgIpc) is 3.38. The van der Waals surface area contributed by atoms with E-state index in [1.807, 2.05) is 0 Å². The van der Waals surface area contributed by atoms with Gasteiger partial charge in [-0.05, 0) is 44.2 Å². The lowest BCUT2D eigenvalue weighted by atomic mass is 9.90. The van der Waals surface area contributed by atoms with Gasteiger partial charge >= 0.3 is 0 Å². The fraction of sp³-hybridized carbons (Fsp3) is 0.455. The standard InChI is InChI=1S/C22H26FN7O3/c1-24-19-10-18(27-17-3-2-6-29(22(17)33)14-7-12(23)8-14)28-20-16(11-25-30(19)20)21(32)26-13-4-5-15(31)9-13/h2-3,6,10-15,24,31H,4-5,7-9H2,1H3,(H,26,32)(H,27,28)/t12-,13-,14-,15+/m0/s1. The highest BCUT2D eigenvalue weighted by molar-refractivity contribution is 6.00. The molecule has 2 fully saturated rings. The molecule has 3 heterocycles. The van der Waals surface area contributed by atoms with Crippen LogP contribution in [0.5, 0.6) is 0 Å². The summed E-state index contributed by atoms with van der Waals surface area (Å²) in [5.41, 5.74) is 0.680. The summed E-state index contributed by atoms with van der Waals surface area (Å²) in [5, 5.41) is 23.0. The molecule has 2 aliphatic rings. The first-order valence-electron chi connectivity index (χ1n) is 11.1. The Hall–Kier alpha value is -3.47. The van der Waals surface area contributed by atoms with Crippen molar-refractivity contribution in [2.24, 2.45) is 0 Å². The third kappa shape index (κ3) is 4.04. The molecule has 10 nitrogen and oxygen atoms in total. The molecular formula is C22H26FN7O3. The summed E-state index contributed by atoms with van der Waals surface area (Å²) < 4.78 is 16.3. The first kappa shape index (κ1) is 21.4. The number of anilines is 3. The number of hydrogen-bond donors (Lipinski definition) is 4. The molecule has 3 aromatic heterocycles. The number of hydrogen-bond acceptors (Lipinski definition) is 7. The minimum atomic E-state index is -0.861. The average molecular weight is 455 g/mol. The van der Waals surface area contributed by atoms with Gasteiger partial charge in [0.25, 0.3) is 11.5 Å². The van der Waals surface area contributed by atoms with Crippen LogP contribution in [0.2, 0.25) is 0 Å². The Kier molecular flexibility index (Phi) is 5.49. The minimum absolute atomic E-state index is 0.0919. The molecule has 0 spiro atoms. The summed E-state index contributed by atoms with van der Waals surface area (Å²) in [6, 6.07) is 4.83. The van der Waals surface area contributed by atoms with E-state index in [2.05, 4.69) is 26.0 Å². The molecule has 2 atom stereocenters. The minimum Gasteiger partial charge on any atom is -0.393 e. The number of alkyl halides is 1. The molecule has 0 bridgehead atoms. The Labute approximate surface area is 188 Å². The summed E-state index contributed by atoms with van der Waals surface area (Å²) in [6.07, 6.45) is 4.45. The smallest absolute Gasteiger partial charge is 0.274 e. The largest absolute Gasteiger partial charge is 0.393 e. The maximum absolute atomic E-state index is 13.3. The molecule has 0 aliphatic heterocycles. The Morgan fingerprint density at radius 3 is 2.79 bits per heavy atom. The van der Waals surface area contributed by atoms with Gasteiger partial charge in [0, 0.05) is 31.4 Å². The number of carbonyl (C=O) groups is 1. The van der Waals surface area contributed by atoms with Crippen molar-refractivity contribution >= 4 is 28.9 Å². The number of fused-ring (bicyclic) bond motifs is 1. The molecule has 3 aromatic rings. The van der Waals surface area contributed by atoms with Gasteiger partial charge in [0.05, 0.1) is 12.3 Å². The number of aliphatic hydroxyl groups is 1. The van der Waals surface area contributed by atoms with Crippen molar-refractivity contribution in [1.29, 1.82) is 0 Å². The van der Waals surface area contributed by atoms with Crippen LogP contribution in [-0.4, -0.2) is 55.5 Å². The van der Waals surface area contributed by atoms with Gasteiger partial charge in [-0.1, -0.05) is 0 Å². The molecule has 0 radical (unpaired) electrons. The van der Waals surface area contributed by atoms with Crippen LogP contribution in [0.4, 0.5) is 21.7 Å². The predicted molar refractivity (Wildman–Crippen MR) is 121 cm³/mol. The molecule has 4 N–H and O–H groups in total. The molecule has 11 heteroatoms. The molecule has 1 amide bonds. The number of nitrogens with one attached hydrogen (secondary N) is 3. The third-order valence-corrected chi connectivity index (χ3v) is 6.40. The van der Waals surface area contributed by atoms with Crippen LogP contribution in [0.15, 0.2) is 35.4 Å². The Morgan fingerprint density at radius 2 is 2.09 bits per heavy atom. The van der Waals surface area contributed by atoms with Gasteiger partial charge in [0.15, 0.2) is 5.65 Å². The van der Waals surface area contributed by atoms with Crippen molar-refractivity contribution in [1.82, 2.24) is 24.5 Å². The zero-order valence-corrected chi connectivity index (χ0v) is 18.2. The van der Waals surface area contributed by atoms with Crippen LogP contribution in [-0.2, 0) is 0 Å². The summed E-state index contributed by atoms with van der Waals surface area (Å²) in [5.74, 6) is 0.626. The fourth-order valence-corrected chi connectivity index (χ4v) is 4.50. The molecule has 2 saturated carbocycles. The van der Waals surface area contributed by atoms with Crippen LogP contribution in [0.1, 0.15) is 48.5 Å². The molecule has 174 valence electrons. The van der Waals surface area contributed by atoms with Gasteiger partial charge in [0.1, 0.15) is 29.1 Å². The number of aromatic nitrogens is 4. The number of amides is 1. The molecule has 0 saturated heterocycles. The van der Waals surface area contributed by atoms with Crippen molar-refractivity contribution in [3.05, 3.63) is 46.5 Å². The first-order chi connectivity index (χ1) is 15.9. The second-order valence-electron chi connectivity index (χ2n) is 8.69. The van der Waals surface area contributed by atoms with Crippen molar-refractivity contribution in [2.75, 3.05) is 17.7 Å². The van der Waals surface area contributed by atoms with E-state index >= 15 is 0 Å². The first-order valence-corrected chi connectivity index (χ1v) is 11.1. The lowest BCUT2D eigenvalue weighted by molar-refractivity contribution is 0.0935. The number of nitrogens with zero attached hydrogens (tertiary/aromatic N) is 4. The van der Waals surface area contributed by atoms with Crippen LogP contribution >= 0.6 is 0 Å². The predicted octanol–water partition coefficient (Wildman–Crippen LogP) is 1.99. The van der Waals surface area contributed by atoms with E-state index in [0.717, 1.165) is 6.42 Å². The highest BCUT2D eigenvalue weighted by Crippen LogP contribution is 2.33. The van der Waals surface area contributed by atoms with Crippen LogP contribution in [0.25, 0.3) is 5.65 Å². The Morgan fingerprint density at radius 1 is 1.27 bits per heavy atom. The molecule has 2 aliphatic carbocycles. The van der Waals surface area contributed by atoms with Gasteiger partial charge in [-0.25, -0.2) is 9.37 Å². The second-order valence-corrected chi connectivity index (χ2v) is 8.69. The van der Waals surface area contributed by atoms with E-state index in [4.69, 9.17) is 0 Å². The highest BCUT2D eigenvalue weighted by atomic mass is 19.1. The maximum atomic E-state index is 13.3. The van der Waals surface area contributed by atoms with Gasteiger partial charge in [0.2, 0.25) is 0 Å². The lowest BCUT2D eigenvalue weighted by Crippen LogP contribution is -2.35. The normalized spacial score (nSPS) is 24.5. The van der Waals surface area contributed by atoms with Gasteiger partial charge in [-0.2, -0.15) is 9.61 Å². The quantitative estimate of drug-likeness (QED) is 0.448. The maximum Gasteiger partial charge on any atom is 0.274 e. The molecule has 0 unspecified atom stereocenters. The van der Waals surface area contributed by atoms with E-state index in [-0.39, 0.29) is 23.6 Å². The fourth-order valence-electron chi connectivity index (χ4n) is 4.50. The van der Waals surface area contributed by atoms with Crippen molar-refractivity contribution in [3.8, 4) is 0 Å². The molecule has 33 heavy (non-hydrogen) atoms. The van der Waals surface area contributed by atoms with Gasteiger partial charge in [-0.15, -0.1) is 0 Å². The van der Waals surface area contributed by atoms with Gasteiger partial charge < -0.3 is 25.6 Å². The number of aliphatic hydroxyl groups excluding tert-OH is 1. The lowest BCUT2D eigenvalue weighted by Gasteiger charge is -2.31. The monoisotopic (exact) mass is 455 g/mol. The summed E-state index contributed by atoms with van der Waals surface area (Å²) >= 11 is 0. The molecular weight excluding hydrogens is 429 g/mol. The number of carbonyl (C=O) groups excluding carboxylic acids is 1. The topological polar surface area (TPSA) is 126 Å². The Bertz CT molecular complexity index is 1250. The SMILES string of the molecule is CNc1cc(Nc2cccn([C@H]3C[C@H](F)C3)c2=O)nc2c(C(=O)N[C@H]3CC[C@@H](O)C3)cnn12. The number of rotatable bonds is 6. The van der Waals surface area contributed by atoms with Crippen LogP contribution < -0.4 is 21.5 Å². The van der Waals surface area contributed by atoms with E-state index in [1.165, 1.54) is 10.7 Å². The molecule has 0 aromatic carbocycles. The van der Waals surface area contributed by atoms with Crippen LogP contribution in [0, 0.1) is 0 Å².